The summed E-state index contributed by atoms with van der Waals surface area (Å²) in [7, 11) is 0. The summed E-state index contributed by atoms with van der Waals surface area (Å²) < 4.78 is 0. The number of carbonyl (C=O) groups excluding carboxylic acids is 1. The Labute approximate surface area is 131 Å². The maximum atomic E-state index is 12.3. The van der Waals surface area contributed by atoms with Crippen molar-refractivity contribution in [1.29, 1.82) is 0 Å². The third-order valence-electron chi connectivity index (χ3n) is 5.55. The van der Waals surface area contributed by atoms with Gasteiger partial charge in [-0.1, -0.05) is 48.5 Å². The third-order valence-corrected chi connectivity index (χ3v) is 5.55. The maximum Gasteiger partial charge on any atom is 0.221 e. The van der Waals surface area contributed by atoms with Crippen molar-refractivity contribution in [3.63, 3.8) is 0 Å². The average Bonchev–Trinajstić information content (AvgIpc) is 3.13. The first kappa shape index (κ1) is 13.6. The van der Waals surface area contributed by atoms with E-state index in [0.29, 0.717) is 0 Å². The standard InChI is InChI=1S/C20H21NO/c21-20(22)19(17-11-9-13-5-1-3-7-15(13)17)18-12-10-14-6-2-4-8-16(14)18/h1-8,17-19H,9-12H2,(H2,21,22). The van der Waals surface area contributed by atoms with Crippen molar-refractivity contribution >= 4 is 5.91 Å². The molecule has 22 heavy (non-hydrogen) atoms. The van der Waals surface area contributed by atoms with Gasteiger partial charge in [0.1, 0.15) is 0 Å². The second kappa shape index (κ2) is 5.28. The number of primary amides is 1. The number of nitrogens with two attached hydrogens (primary N) is 1. The number of hydrogen-bond acceptors (Lipinski definition) is 1. The fraction of sp³-hybridized carbons (Fsp3) is 0.350. The Hall–Kier alpha value is -2.09. The molecule has 112 valence electrons. The van der Waals surface area contributed by atoms with Crippen LogP contribution in [-0.4, -0.2) is 5.91 Å². The van der Waals surface area contributed by atoms with Gasteiger partial charge in [-0.2, -0.15) is 0 Å². The van der Waals surface area contributed by atoms with Gasteiger partial charge in [0.15, 0.2) is 0 Å². The normalized spacial score (nSPS) is 23.8. The van der Waals surface area contributed by atoms with Crippen molar-refractivity contribution in [2.45, 2.75) is 37.5 Å². The minimum Gasteiger partial charge on any atom is -0.369 e. The summed E-state index contributed by atoms with van der Waals surface area (Å²) in [4.78, 5) is 12.3. The van der Waals surface area contributed by atoms with E-state index < -0.39 is 0 Å². The second-order valence-electron chi connectivity index (χ2n) is 6.62. The van der Waals surface area contributed by atoms with Crippen molar-refractivity contribution in [2.75, 3.05) is 0 Å². The summed E-state index contributed by atoms with van der Waals surface area (Å²) in [5.74, 6) is 0.352. The van der Waals surface area contributed by atoms with Crippen LogP contribution in [0, 0.1) is 5.92 Å². The van der Waals surface area contributed by atoms with Crippen molar-refractivity contribution < 1.29 is 4.79 Å². The summed E-state index contributed by atoms with van der Waals surface area (Å²) >= 11 is 0. The minimum atomic E-state index is -0.136. The van der Waals surface area contributed by atoms with Crippen LogP contribution in [0.2, 0.25) is 0 Å². The summed E-state index contributed by atoms with van der Waals surface area (Å²) in [5.41, 5.74) is 11.3. The highest BCUT2D eigenvalue weighted by Crippen LogP contribution is 2.48. The number of benzene rings is 2. The average molecular weight is 291 g/mol. The predicted molar refractivity (Wildman–Crippen MR) is 87.7 cm³/mol. The van der Waals surface area contributed by atoms with Gasteiger partial charge in [0.05, 0.1) is 5.92 Å². The highest BCUT2D eigenvalue weighted by Gasteiger charge is 2.41. The first-order chi connectivity index (χ1) is 10.8. The molecule has 2 nitrogen and oxygen atoms in total. The van der Waals surface area contributed by atoms with Crippen LogP contribution in [-0.2, 0) is 17.6 Å². The summed E-state index contributed by atoms with van der Waals surface area (Å²) in [6, 6.07) is 17.1. The quantitative estimate of drug-likeness (QED) is 0.923. The van der Waals surface area contributed by atoms with E-state index in [1.807, 2.05) is 0 Å². The molecule has 0 radical (unpaired) electrons. The number of hydrogen-bond donors (Lipinski definition) is 1. The first-order valence-corrected chi connectivity index (χ1v) is 8.20. The number of amides is 1. The van der Waals surface area contributed by atoms with Crippen molar-refractivity contribution in [1.82, 2.24) is 0 Å². The molecule has 2 aromatic rings. The van der Waals surface area contributed by atoms with Crippen LogP contribution in [0.1, 0.15) is 46.9 Å². The topological polar surface area (TPSA) is 43.1 Å². The van der Waals surface area contributed by atoms with E-state index in [1.165, 1.54) is 22.3 Å². The number of carbonyl (C=O) groups is 1. The van der Waals surface area contributed by atoms with Gasteiger partial charge in [0, 0.05) is 0 Å². The van der Waals surface area contributed by atoms with Gasteiger partial charge in [-0.15, -0.1) is 0 Å². The summed E-state index contributed by atoms with van der Waals surface area (Å²) in [6.07, 6.45) is 4.23. The van der Waals surface area contributed by atoms with Gasteiger partial charge in [0.2, 0.25) is 5.91 Å². The molecule has 0 saturated heterocycles. The number of rotatable bonds is 3. The summed E-state index contributed by atoms with van der Waals surface area (Å²) in [6.45, 7) is 0. The first-order valence-electron chi connectivity index (χ1n) is 8.20. The highest BCUT2D eigenvalue weighted by molar-refractivity contribution is 5.79. The van der Waals surface area contributed by atoms with E-state index in [9.17, 15) is 4.79 Å². The zero-order valence-electron chi connectivity index (χ0n) is 12.7. The van der Waals surface area contributed by atoms with Gasteiger partial charge < -0.3 is 5.73 Å². The fourth-order valence-corrected chi connectivity index (χ4v) is 4.60. The predicted octanol–water partition coefficient (Wildman–Crippen LogP) is 3.55. The molecular formula is C20H21NO. The van der Waals surface area contributed by atoms with E-state index >= 15 is 0 Å². The minimum absolute atomic E-state index is 0.0766. The van der Waals surface area contributed by atoms with Crippen LogP contribution in [0.4, 0.5) is 0 Å². The Morgan fingerprint density at radius 2 is 1.32 bits per heavy atom. The van der Waals surface area contributed by atoms with Gasteiger partial charge >= 0.3 is 0 Å². The molecule has 1 amide bonds. The lowest BCUT2D eigenvalue weighted by Gasteiger charge is -2.28. The number of fused-ring (bicyclic) bond motifs is 2. The molecule has 2 aromatic carbocycles. The largest absolute Gasteiger partial charge is 0.369 e. The highest BCUT2D eigenvalue weighted by atomic mass is 16.1. The Morgan fingerprint density at radius 3 is 1.77 bits per heavy atom. The molecule has 2 aliphatic rings. The lowest BCUT2D eigenvalue weighted by molar-refractivity contribution is -0.123. The van der Waals surface area contributed by atoms with Crippen LogP contribution in [0.25, 0.3) is 0 Å². The van der Waals surface area contributed by atoms with E-state index in [1.54, 1.807) is 0 Å². The van der Waals surface area contributed by atoms with Gasteiger partial charge in [0.25, 0.3) is 0 Å². The Bertz CT molecular complexity index is 666. The van der Waals surface area contributed by atoms with E-state index in [-0.39, 0.29) is 23.7 Å². The van der Waals surface area contributed by atoms with Crippen LogP contribution >= 0.6 is 0 Å². The molecule has 2 heteroatoms. The fourth-order valence-electron chi connectivity index (χ4n) is 4.60. The summed E-state index contributed by atoms with van der Waals surface area (Å²) in [5, 5.41) is 0. The molecule has 0 fully saturated rings. The molecule has 0 aliphatic heterocycles. The molecule has 0 saturated carbocycles. The zero-order valence-corrected chi connectivity index (χ0v) is 12.7. The maximum absolute atomic E-state index is 12.3. The lowest BCUT2D eigenvalue weighted by Crippen LogP contribution is -2.32. The smallest absolute Gasteiger partial charge is 0.221 e. The second-order valence-corrected chi connectivity index (χ2v) is 6.62. The Balaban J connectivity index is 1.74. The SMILES string of the molecule is NC(=O)C(C1CCc2ccccc21)C1CCc2ccccc21. The van der Waals surface area contributed by atoms with Crippen molar-refractivity contribution in [2.24, 2.45) is 11.7 Å². The lowest BCUT2D eigenvalue weighted by atomic mass is 9.75. The molecule has 0 bridgehead atoms. The van der Waals surface area contributed by atoms with Gasteiger partial charge in [-0.05, 0) is 59.8 Å². The van der Waals surface area contributed by atoms with Gasteiger partial charge in [-0.3, -0.25) is 4.79 Å². The third kappa shape index (κ3) is 2.06. The molecule has 2 unspecified atom stereocenters. The molecule has 0 spiro atoms. The molecule has 4 rings (SSSR count). The molecule has 2 aliphatic carbocycles. The zero-order chi connectivity index (χ0) is 15.1. The van der Waals surface area contributed by atoms with Crippen LogP contribution in [0.15, 0.2) is 48.5 Å². The Morgan fingerprint density at radius 1 is 0.864 bits per heavy atom. The molecule has 2 atom stereocenters. The monoisotopic (exact) mass is 291 g/mol. The van der Waals surface area contributed by atoms with E-state index in [0.717, 1.165) is 25.7 Å². The molecule has 2 N–H and O–H groups in total. The van der Waals surface area contributed by atoms with Crippen molar-refractivity contribution in [3.05, 3.63) is 70.8 Å². The number of aryl methyl sites for hydroxylation is 2. The van der Waals surface area contributed by atoms with E-state index in [2.05, 4.69) is 48.5 Å². The molecule has 0 heterocycles. The van der Waals surface area contributed by atoms with E-state index in [4.69, 9.17) is 5.73 Å². The molecule has 0 aromatic heterocycles. The van der Waals surface area contributed by atoms with Crippen LogP contribution in [0.5, 0.6) is 0 Å². The van der Waals surface area contributed by atoms with Gasteiger partial charge in [-0.25, -0.2) is 0 Å². The van der Waals surface area contributed by atoms with Crippen LogP contribution < -0.4 is 5.73 Å². The van der Waals surface area contributed by atoms with Crippen molar-refractivity contribution in [3.8, 4) is 0 Å². The Kier molecular flexibility index (Phi) is 3.25. The van der Waals surface area contributed by atoms with Crippen LogP contribution in [0.3, 0.4) is 0 Å². The molecular weight excluding hydrogens is 270 g/mol.